The highest BCUT2D eigenvalue weighted by molar-refractivity contribution is 7.92. The molecule has 8 nitrogen and oxygen atoms in total. The molecule has 0 saturated heterocycles. The van der Waals surface area contributed by atoms with Gasteiger partial charge in [-0.05, 0) is 82.5 Å². The summed E-state index contributed by atoms with van der Waals surface area (Å²) in [6, 6.07) is 18.3. The minimum Gasteiger partial charge on any atom is -0.497 e. The number of anilines is 1. The second-order valence-corrected chi connectivity index (χ2v) is 12.4. The minimum atomic E-state index is -4.12. The Morgan fingerprint density at radius 2 is 1.51 bits per heavy atom. The Bertz CT molecular complexity index is 1450. The highest BCUT2D eigenvalue weighted by atomic mass is 32.2. The van der Waals surface area contributed by atoms with Gasteiger partial charge in [-0.3, -0.25) is 13.9 Å². The fraction of sp³-hybridized carbons (Fsp3) is 0.375. The largest absolute Gasteiger partial charge is 0.497 e. The summed E-state index contributed by atoms with van der Waals surface area (Å²) in [7, 11) is -2.55. The molecular formula is C32H41N3O5S. The molecule has 220 valence electrons. The van der Waals surface area contributed by atoms with Crippen LogP contribution in [-0.2, 0) is 26.2 Å². The first-order chi connectivity index (χ1) is 19.4. The maximum Gasteiger partial charge on any atom is 0.264 e. The highest BCUT2D eigenvalue weighted by Crippen LogP contribution is 2.28. The van der Waals surface area contributed by atoms with Gasteiger partial charge in [0.1, 0.15) is 18.3 Å². The first-order valence-electron chi connectivity index (χ1n) is 13.8. The summed E-state index contributed by atoms with van der Waals surface area (Å²) in [5.74, 6) is -0.104. The van der Waals surface area contributed by atoms with Gasteiger partial charge in [0.25, 0.3) is 10.0 Å². The fourth-order valence-corrected chi connectivity index (χ4v) is 6.14. The number of methoxy groups -OCH3 is 1. The van der Waals surface area contributed by atoms with Crippen LogP contribution in [0.1, 0.15) is 49.4 Å². The van der Waals surface area contributed by atoms with Gasteiger partial charge in [-0.15, -0.1) is 0 Å². The molecule has 0 bridgehead atoms. The van der Waals surface area contributed by atoms with Crippen molar-refractivity contribution >= 4 is 27.5 Å². The molecular weight excluding hydrogens is 538 g/mol. The molecule has 3 aromatic carbocycles. The summed E-state index contributed by atoms with van der Waals surface area (Å²) in [6.45, 7) is 10.8. The third kappa shape index (κ3) is 7.88. The second-order valence-electron chi connectivity index (χ2n) is 10.6. The standard InChI is InChI=1S/C32H41N3O5S/c1-8-29(32(37)33-22(2)3)34(20-26-12-14-27(40-7)15-13-26)31(36)21-35(30-18-11-24(5)19-25(30)6)41(38,39)28-16-9-23(4)10-17-28/h9-19,22,29H,8,20-21H2,1-7H3,(H,33,37)/t29-/m1/s1. The van der Waals surface area contributed by atoms with Gasteiger partial charge >= 0.3 is 0 Å². The van der Waals surface area contributed by atoms with E-state index in [0.29, 0.717) is 17.9 Å². The maximum atomic E-state index is 14.2. The quantitative estimate of drug-likeness (QED) is 0.320. The zero-order chi connectivity index (χ0) is 30.3. The summed E-state index contributed by atoms with van der Waals surface area (Å²) in [4.78, 5) is 29.0. The van der Waals surface area contributed by atoms with Crippen LogP contribution >= 0.6 is 0 Å². The van der Waals surface area contributed by atoms with Gasteiger partial charge in [0, 0.05) is 12.6 Å². The fourth-order valence-electron chi connectivity index (χ4n) is 4.66. The molecule has 0 unspecified atom stereocenters. The van der Waals surface area contributed by atoms with Crippen LogP contribution < -0.4 is 14.4 Å². The van der Waals surface area contributed by atoms with Crippen molar-refractivity contribution in [2.24, 2.45) is 0 Å². The normalized spacial score (nSPS) is 12.1. The van der Waals surface area contributed by atoms with Crippen molar-refractivity contribution in [2.45, 2.75) is 71.5 Å². The van der Waals surface area contributed by atoms with E-state index in [2.05, 4.69) is 5.32 Å². The zero-order valence-electron chi connectivity index (χ0n) is 25.0. The lowest BCUT2D eigenvalue weighted by Gasteiger charge is -2.34. The molecule has 2 amide bonds. The monoisotopic (exact) mass is 579 g/mol. The Kier molecular flexibility index (Phi) is 10.6. The lowest BCUT2D eigenvalue weighted by molar-refractivity contribution is -0.140. The highest BCUT2D eigenvalue weighted by Gasteiger charge is 2.34. The number of nitrogens with zero attached hydrogens (tertiary/aromatic N) is 2. The SMILES string of the molecule is CC[C@H](C(=O)NC(C)C)N(Cc1ccc(OC)cc1)C(=O)CN(c1ccc(C)cc1C)S(=O)(=O)c1ccc(C)cc1. The van der Waals surface area contributed by atoms with E-state index < -0.39 is 28.5 Å². The van der Waals surface area contributed by atoms with Crippen molar-refractivity contribution in [1.29, 1.82) is 0 Å². The Morgan fingerprint density at radius 3 is 2.05 bits per heavy atom. The summed E-state index contributed by atoms with van der Waals surface area (Å²) in [6.07, 6.45) is 0.356. The number of benzene rings is 3. The van der Waals surface area contributed by atoms with E-state index >= 15 is 0 Å². The first kappa shape index (κ1) is 31.7. The topological polar surface area (TPSA) is 96.0 Å². The van der Waals surface area contributed by atoms with Gasteiger partial charge in [0.15, 0.2) is 0 Å². The molecule has 0 radical (unpaired) electrons. The molecule has 1 N–H and O–H groups in total. The maximum absolute atomic E-state index is 14.2. The van der Waals surface area contributed by atoms with E-state index in [1.807, 2.05) is 65.8 Å². The number of aryl methyl sites for hydroxylation is 3. The van der Waals surface area contributed by atoms with Gasteiger partial charge in [-0.1, -0.05) is 54.4 Å². The number of amides is 2. The van der Waals surface area contributed by atoms with Gasteiger partial charge in [-0.25, -0.2) is 8.42 Å². The number of ether oxygens (including phenoxy) is 1. The molecule has 0 aliphatic heterocycles. The lowest BCUT2D eigenvalue weighted by atomic mass is 10.1. The molecule has 0 aliphatic carbocycles. The second kappa shape index (κ2) is 13.7. The van der Waals surface area contributed by atoms with E-state index in [-0.39, 0.29) is 23.4 Å². The third-order valence-electron chi connectivity index (χ3n) is 6.84. The van der Waals surface area contributed by atoms with Crippen LogP contribution in [0.4, 0.5) is 5.69 Å². The van der Waals surface area contributed by atoms with Gasteiger partial charge in [0.05, 0.1) is 17.7 Å². The molecule has 3 rings (SSSR count). The van der Waals surface area contributed by atoms with E-state index in [1.165, 1.54) is 4.90 Å². The van der Waals surface area contributed by atoms with Gasteiger partial charge in [0.2, 0.25) is 11.8 Å². The van der Waals surface area contributed by atoms with E-state index in [4.69, 9.17) is 4.74 Å². The van der Waals surface area contributed by atoms with Crippen LogP contribution in [0.15, 0.2) is 71.6 Å². The zero-order valence-corrected chi connectivity index (χ0v) is 25.8. The Morgan fingerprint density at radius 1 is 0.902 bits per heavy atom. The predicted molar refractivity (Wildman–Crippen MR) is 163 cm³/mol. The van der Waals surface area contributed by atoms with Crippen molar-refractivity contribution in [1.82, 2.24) is 10.2 Å². The number of carbonyl (C=O) groups is 2. The molecule has 41 heavy (non-hydrogen) atoms. The van der Waals surface area contributed by atoms with Crippen LogP contribution in [0.25, 0.3) is 0 Å². The number of nitrogens with one attached hydrogen (secondary N) is 1. The van der Waals surface area contributed by atoms with Crippen molar-refractivity contribution in [3.8, 4) is 5.75 Å². The summed E-state index contributed by atoms with van der Waals surface area (Å²) >= 11 is 0. The van der Waals surface area contributed by atoms with Crippen LogP contribution in [0.3, 0.4) is 0 Å². The van der Waals surface area contributed by atoms with Crippen LogP contribution in [0.5, 0.6) is 5.75 Å². The average Bonchev–Trinajstić information content (AvgIpc) is 2.92. The number of hydrogen-bond acceptors (Lipinski definition) is 5. The van der Waals surface area contributed by atoms with Crippen LogP contribution in [0.2, 0.25) is 0 Å². The summed E-state index contributed by atoms with van der Waals surface area (Å²) in [5.41, 5.74) is 3.82. The smallest absolute Gasteiger partial charge is 0.264 e. The molecule has 0 aromatic heterocycles. The number of sulfonamides is 1. The molecule has 0 aliphatic rings. The summed E-state index contributed by atoms with van der Waals surface area (Å²) < 4.78 is 34.5. The van der Waals surface area contributed by atoms with Crippen molar-refractivity contribution in [3.05, 3.63) is 89.0 Å². The molecule has 0 fully saturated rings. The number of carbonyl (C=O) groups excluding carboxylic acids is 2. The summed E-state index contributed by atoms with van der Waals surface area (Å²) in [5, 5.41) is 2.91. The molecule has 1 atom stereocenters. The van der Waals surface area contributed by atoms with Crippen molar-refractivity contribution in [2.75, 3.05) is 18.0 Å². The third-order valence-corrected chi connectivity index (χ3v) is 8.61. The Hall–Kier alpha value is -3.85. The number of rotatable bonds is 12. The molecule has 0 heterocycles. The average molecular weight is 580 g/mol. The van der Waals surface area contributed by atoms with Gasteiger partial charge in [-0.2, -0.15) is 0 Å². The van der Waals surface area contributed by atoms with E-state index in [9.17, 15) is 18.0 Å². The first-order valence-corrected chi connectivity index (χ1v) is 15.2. The number of hydrogen-bond donors (Lipinski definition) is 1. The Labute approximate surface area is 244 Å². The van der Waals surface area contributed by atoms with E-state index in [1.54, 1.807) is 49.6 Å². The Balaban J connectivity index is 2.09. The predicted octanol–water partition coefficient (Wildman–Crippen LogP) is 5.15. The minimum absolute atomic E-state index is 0.0853. The van der Waals surface area contributed by atoms with Crippen LogP contribution in [-0.4, -0.2) is 50.9 Å². The molecule has 0 saturated carbocycles. The van der Waals surface area contributed by atoms with Crippen molar-refractivity contribution < 1.29 is 22.7 Å². The lowest BCUT2D eigenvalue weighted by Crippen LogP contribution is -2.53. The van der Waals surface area contributed by atoms with E-state index in [0.717, 1.165) is 26.6 Å². The van der Waals surface area contributed by atoms with Gasteiger partial charge < -0.3 is 15.0 Å². The van der Waals surface area contributed by atoms with Crippen LogP contribution in [0, 0.1) is 20.8 Å². The molecule has 9 heteroatoms. The molecule has 0 spiro atoms. The van der Waals surface area contributed by atoms with Crippen molar-refractivity contribution in [3.63, 3.8) is 0 Å². The molecule has 3 aromatic rings.